The van der Waals surface area contributed by atoms with Gasteiger partial charge in [-0.1, -0.05) is 0 Å². The number of anilines is 2. The SMILES string of the molecule is Cc1ncc(NC(=O)OC(C)(C)C)cc1NC(=O)/C(N)=C1\C=CC(Br)=CN1. The number of aromatic nitrogens is 1. The van der Waals surface area contributed by atoms with E-state index in [0.29, 0.717) is 22.8 Å². The summed E-state index contributed by atoms with van der Waals surface area (Å²) in [6.45, 7) is 7.03. The molecule has 27 heavy (non-hydrogen) atoms. The van der Waals surface area contributed by atoms with Crippen molar-refractivity contribution in [2.24, 2.45) is 5.73 Å². The molecule has 0 aromatic carbocycles. The van der Waals surface area contributed by atoms with Crippen molar-refractivity contribution in [3.05, 3.63) is 52.2 Å². The molecule has 144 valence electrons. The fourth-order valence-electron chi connectivity index (χ4n) is 2.03. The fraction of sp³-hybridized carbons (Fsp3) is 0.278. The van der Waals surface area contributed by atoms with Crippen LogP contribution in [-0.4, -0.2) is 22.6 Å². The van der Waals surface area contributed by atoms with Crippen LogP contribution in [-0.2, 0) is 9.53 Å². The zero-order chi connectivity index (χ0) is 20.2. The first kappa shape index (κ1) is 20.5. The third-order valence-corrected chi connectivity index (χ3v) is 3.78. The lowest BCUT2D eigenvalue weighted by Crippen LogP contribution is -2.27. The van der Waals surface area contributed by atoms with Crippen LogP contribution in [0.4, 0.5) is 16.2 Å². The second-order valence-corrected chi connectivity index (χ2v) is 7.69. The van der Waals surface area contributed by atoms with Crippen molar-refractivity contribution in [2.75, 3.05) is 10.6 Å². The Morgan fingerprint density at radius 2 is 1.96 bits per heavy atom. The molecule has 2 amide bonds. The Morgan fingerprint density at radius 3 is 2.56 bits per heavy atom. The molecule has 1 aromatic rings. The van der Waals surface area contributed by atoms with Gasteiger partial charge in [-0.05, 0) is 61.8 Å². The molecule has 0 radical (unpaired) electrons. The van der Waals surface area contributed by atoms with E-state index >= 15 is 0 Å². The Labute approximate surface area is 166 Å². The molecule has 5 N–H and O–H groups in total. The minimum Gasteiger partial charge on any atom is -0.444 e. The van der Waals surface area contributed by atoms with Crippen molar-refractivity contribution >= 4 is 39.3 Å². The maximum absolute atomic E-state index is 12.4. The number of amides is 2. The molecule has 0 aliphatic carbocycles. The number of rotatable bonds is 3. The summed E-state index contributed by atoms with van der Waals surface area (Å²) < 4.78 is 6.04. The van der Waals surface area contributed by atoms with Gasteiger partial charge in [-0.15, -0.1) is 0 Å². The third kappa shape index (κ3) is 6.14. The van der Waals surface area contributed by atoms with Gasteiger partial charge in [0.2, 0.25) is 0 Å². The zero-order valence-electron chi connectivity index (χ0n) is 15.5. The Kier molecular flexibility index (Phi) is 6.27. The van der Waals surface area contributed by atoms with Gasteiger partial charge >= 0.3 is 6.09 Å². The lowest BCUT2D eigenvalue weighted by Gasteiger charge is -2.20. The smallest absolute Gasteiger partial charge is 0.412 e. The summed E-state index contributed by atoms with van der Waals surface area (Å²) in [7, 11) is 0. The van der Waals surface area contributed by atoms with Crippen LogP contribution < -0.4 is 21.7 Å². The Bertz CT molecular complexity index is 853. The number of carbonyl (C=O) groups is 2. The topological polar surface area (TPSA) is 118 Å². The number of aryl methyl sites for hydroxylation is 1. The number of allylic oxidation sites excluding steroid dienone is 3. The summed E-state index contributed by atoms with van der Waals surface area (Å²) in [5, 5.41) is 8.20. The number of hydrogen-bond donors (Lipinski definition) is 4. The molecule has 0 unspecified atom stereocenters. The van der Waals surface area contributed by atoms with Crippen molar-refractivity contribution in [1.29, 1.82) is 0 Å². The molecule has 0 fully saturated rings. The van der Waals surface area contributed by atoms with Crippen LogP contribution in [0.3, 0.4) is 0 Å². The number of halogens is 1. The van der Waals surface area contributed by atoms with Crippen molar-refractivity contribution in [3.63, 3.8) is 0 Å². The van der Waals surface area contributed by atoms with Crippen molar-refractivity contribution in [3.8, 4) is 0 Å². The van der Waals surface area contributed by atoms with E-state index in [-0.39, 0.29) is 5.70 Å². The van der Waals surface area contributed by atoms with Crippen LogP contribution in [0.1, 0.15) is 26.5 Å². The highest BCUT2D eigenvalue weighted by atomic mass is 79.9. The summed E-state index contributed by atoms with van der Waals surface area (Å²) in [4.78, 5) is 28.5. The van der Waals surface area contributed by atoms with Crippen molar-refractivity contribution < 1.29 is 14.3 Å². The zero-order valence-corrected chi connectivity index (χ0v) is 17.1. The molecule has 1 aliphatic heterocycles. The molecule has 1 aliphatic rings. The molecule has 1 aromatic heterocycles. The normalized spacial score (nSPS) is 15.4. The second kappa shape index (κ2) is 8.26. The van der Waals surface area contributed by atoms with Crippen LogP contribution in [0, 0.1) is 6.92 Å². The van der Waals surface area contributed by atoms with E-state index < -0.39 is 17.6 Å². The molecule has 0 spiro atoms. The van der Waals surface area contributed by atoms with Crippen LogP contribution in [0.25, 0.3) is 0 Å². The Balaban J connectivity index is 2.12. The summed E-state index contributed by atoms with van der Waals surface area (Å²) in [5.74, 6) is -0.493. The molecule has 0 saturated heterocycles. The summed E-state index contributed by atoms with van der Waals surface area (Å²) in [5.41, 5.74) is 7.19. The van der Waals surface area contributed by atoms with Crippen LogP contribution >= 0.6 is 15.9 Å². The number of pyridine rings is 1. The average molecular weight is 436 g/mol. The van der Waals surface area contributed by atoms with Crippen LogP contribution in [0.2, 0.25) is 0 Å². The van der Waals surface area contributed by atoms with E-state index in [4.69, 9.17) is 10.5 Å². The predicted octanol–water partition coefficient (Wildman–Crippen LogP) is 3.24. The van der Waals surface area contributed by atoms with E-state index in [2.05, 4.69) is 36.9 Å². The standard InChI is InChI=1S/C18H22BrN5O3/c1-10-14(7-12(9-21-10)23-17(26)27-18(2,3)4)24-16(25)15(20)13-6-5-11(19)8-22-13/h5-9,22H,20H2,1-4H3,(H,23,26)(H,24,25)/b15-13-. The first-order valence-electron chi connectivity index (χ1n) is 8.13. The molecule has 0 atom stereocenters. The van der Waals surface area contributed by atoms with Gasteiger partial charge in [-0.2, -0.15) is 0 Å². The summed E-state index contributed by atoms with van der Waals surface area (Å²) in [6.07, 6.45) is 5.99. The third-order valence-electron chi connectivity index (χ3n) is 3.29. The van der Waals surface area contributed by atoms with E-state index in [1.54, 1.807) is 52.1 Å². The number of carbonyl (C=O) groups excluding carboxylic acids is 2. The lowest BCUT2D eigenvalue weighted by molar-refractivity contribution is -0.113. The van der Waals surface area contributed by atoms with Gasteiger partial charge in [0.05, 0.1) is 29.0 Å². The van der Waals surface area contributed by atoms with Gasteiger partial charge < -0.3 is 21.1 Å². The fourth-order valence-corrected chi connectivity index (χ4v) is 2.28. The maximum Gasteiger partial charge on any atom is 0.412 e. The van der Waals surface area contributed by atoms with E-state index in [9.17, 15) is 9.59 Å². The van der Waals surface area contributed by atoms with Crippen molar-refractivity contribution in [2.45, 2.75) is 33.3 Å². The number of hydrogen-bond acceptors (Lipinski definition) is 6. The molecule has 0 saturated carbocycles. The highest BCUT2D eigenvalue weighted by molar-refractivity contribution is 9.11. The van der Waals surface area contributed by atoms with Crippen LogP contribution in [0.15, 0.2) is 46.5 Å². The Hall–Kier alpha value is -2.81. The molecule has 8 nitrogen and oxygen atoms in total. The number of nitrogens with one attached hydrogen (secondary N) is 3. The molecular weight excluding hydrogens is 414 g/mol. The molecular formula is C18H22BrN5O3. The molecule has 9 heteroatoms. The van der Waals surface area contributed by atoms with E-state index in [0.717, 1.165) is 4.48 Å². The average Bonchev–Trinajstić information content (AvgIpc) is 2.56. The van der Waals surface area contributed by atoms with Gasteiger partial charge in [-0.25, -0.2) is 4.79 Å². The van der Waals surface area contributed by atoms with E-state index in [1.165, 1.54) is 6.20 Å². The Morgan fingerprint density at radius 1 is 1.26 bits per heavy atom. The van der Waals surface area contributed by atoms with Gasteiger partial charge in [0.25, 0.3) is 5.91 Å². The summed E-state index contributed by atoms with van der Waals surface area (Å²) >= 11 is 3.31. The first-order chi connectivity index (χ1) is 12.5. The van der Waals surface area contributed by atoms with Gasteiger partial charge in [0.1, 0.15) is 11.3 Å². The largest absolute Gasteiger partial charge is 0.444 e. The first-order valence-corrected chi connectivity index (χ1v) is 8.92. The van der Waals surface area contributed by atoms with Gasteiger partial charge in [-0.3, -0.25) is 15.1 Å². The van der Waals surface area contributed by atoms with E-state index in [1.807, 2.05) is 0 Å². The quantitative estimate of drug-likeness (QED) is 0.541. The summed E-state index contributed by atoms with van der Waals surface area (Å²) in [6, 6.07) is 1.59. The minimum atomic E-state index is -0.621. The highest BCUT2D eigenvalue weighted by Gasteiger charge is 2.17. The molecule has 2 heterocycles. The second-order valence-electron chi connectivity index (χ2n) is 6.77. The number of ether oxygens (including phenoxy) is 1. The van der Waals surface area contributed by atoms with Gasteiger partial charge in [0, 0.05) is 10.7 Å². The minimum absolute atomic E-state index is 0.0207. The highest BCUT2D eigenvalue weighted by Crippen LogP contribution is 2.20. The number of nitrogens with zero attached hydrogens (tertiary/aromatic N) is 1. The number of dihydropyridines is 1. The molecule has 2 rings (SSSR count). The van der Waals surface area contributed by atoms with Gasteiger partial charge in [0.15, 0.2) is 0 Å². The number of nitrogens with two attached hydrogens (primary N) is 1. The maximum atomic E-state index is 12.4. The molecule has 0 bridgehead atoms. The predicted molar refractivity (Wildman–Crippen MR) is 108 cm³/mol. The monoisotopic (exact) mass is 435 g/mol. The van der Waals surface area contributed by atoms with Crippen molar-refractivity contribution in [1.82, 2.24) is 10.3 Å². The van der Waals surface area contributed by atoms with Crippen LogP contribution in [0.5, 0.6) is 0 Å². The lowest BCUT2D eigenvalue weighted by atomic mass is 10.2.